The van der Waals surface area contributed by atoms with E-state index in [1.54, 1.807) is 0 Å². The normalized spacial score (nSPS) is 26.6. The lowest BCUT2D eigenvalue weighted by molar-refractivity contribution is 0.0734. The van der Waals surface area contributed by atoms with Crippen LogP contribution in [0.15, 0.2) is 18.3 Å². The van der Waals surface area contributed by atoms with E-state index >= 15 is 0 Å². The lowest BCUT2D eigenvalue weighted by Crippen LogP contribution is -2.51. The lowest BCUT2D eigenvalue weighted by atomic mass is 10.1. The highest BCUT2D eigenvalue weighted by molar-refractivity contribution is 6.04. The molecule has 4 nitrogen and oxygen atoms in total. The van der Waals surface area contributed by atoms with E-state index in [1.165, 1.54) is 18.4 Å². The third-order valence-electron chi connectivity index (χ3n) is 4.39. The first-order chi connectivity index (χ1) is 9.63. The number of aliphatic hydroxyl groups excluding tert-OH is 1. The molecule has 1 aliphatic carbocycles. The van der Waals surface area contributed by atoms with Crippen molar-refractivity contribution in [1.82, 2.24) is 14.7 Å². The summed E-state index contributed by atoms with van der Waals surface area (Å²) in [6, 6.07) is 4.42. The van der Waals surface area contributed by atoms with E-state index < -0.39 is 6.10 Å². The smallest absolute Gasteiger partial charge is 0.182 e. The quantitative estimate of drug-likeness (QED) is 0.832. The molecule has 2 heterocycles. The molecule has 2 atom stereocenters. The molecular weight excluding hydrogens is 249 g/mol. The van der Waals surface area contributed by atoms with Crippen LogP contribution in [0.4, 0.5) is 0 Å². The monoisotopic (exact) mass is 271 g/mol. The number of aliphatic hydroxyl groups is 1. The zero-order valence-corrected chi connectivity index (χ0v) is 12.1. The summed E-state index contributed by atoms with van der Waals surface area (Å²) in [5.41, 5.74) is 2.09. The summed E-state index contributed by atoms with van der Waals surface area (Å²) in [5.74, 6) is 0.715. The van der Waals surface area contributed by atoms with Crippen LogP contribution in [0, 0.1) is 0 Å². The number of pyridine rings is 1. The van der Waals surface area contributed by atoms with Crippen molar-refractivity contribution in [2.45, 2.75) is 37.8 Å². The first-order valence-electron chi connectivity index (χ1n) is 7.51. The van der Waals surface area contributed by atoms with Crippen molar-refractivity contribution < 1.29 is 5.11 Å². The number of rotatable bonds is 4. The van der Waals surface area contributed by atoms with Crippen molar-refractivity contribution in [3.63, 3.8) is 0 Å². The Kier molecular flexibility index (Phi) is 4.10. The summed E-state index contributed by atoms with van der Waals surface area (Å²) in [6.07, 6.45) is 3.98. The Labute approximate surface area is 122 Å². The molecular formula is C15H22BN3O. The third-order valence-corrected chi connectivity index (χ3v) is 4.39. The van der Waals surface area contributed by atoms with Crippen LogP contribution in [0.2, 0.25) is 0 Å². The summed E-state index contributed by atoms with van der Waals surface area (Å²) in [4.78, 5) is 8.55. The van der Waals surface area contributed by atoms with E-state index in [2.05, 4.69) is 22.9 Å². The zero-order chi connectivity index (χ0) is 14.1. The maximum absolute atomic E-state index is 10.3. The minimum absolute atomic E-state index is 0.334. The van der Waals surface area contributed by atoms with Crippen molar-refractivity contribution in [3.05, 3.63) is 29.6 Å². The van der Waals surface area contributed by atoms with Gasteiger partial charge in [0.2, 0.25) is 0 Å². The Morgan fingerprint density at radius 3 is 2.80 bits per heavy atom. The van der Waals surface area contributed by atoms with Gasteiger partial charge < -0.3 is 9.92 Å². The van der Waals surface area contributed by atoms with Gasteiger partial charge in [-0.1, -0.05) is 6.07 Å². The van der Waals surface area contributed by atoms with Crippen molar-refractivity contribution in [3.8, 4) is 0 Å². The molecule has 2 fully saturated rings. The summed E-state index contributed by atoms with van der Waals surface area (Å²) >= 11 is 0. The second-order valence-corrected chi connectivity index (χ2v) is 6.15. The van der Waals surface area contributed by atoms with Crippen molar-refractivity contribution in [2.75, 3.05) is 26.2 Å². The molecule has 0 spiro atoms. The summed E-state index contributed by atoms with van der Waals surface area (Å²) < 4.78 is 0. The Morgan fingerprint density at radius 1 is 1.40 bits per heavy atom. The molecule has 2 unspecified atom stereocenters. The second kappa shape index (κ2) is 5.84. The topological polar surface area (TPSA) is 39.6 Å². The van der Waals surface area contributed by atoms with Gasteiger partial charge in [0.15, 0.2) is 7.98 Å². The molecule has 2 radical (unpaired) electrons. The molecule has 5 heteroatoms. The highest BCUT2D eigenvalue weighted by Gasteiger charge is 2.25. The van der Waals surface area contributed by atoms with Gasteiger partial charge in [0.25, 0.3) is 0 Å². The summed E-state index contributed by atoms with van der Waals surface area (Å²) in [5, 5.41) is 10.3. The standard InChI is InChI=1S/C15H22BN3O/c1-11-9-18(6-7-19(11)16)10-15(20)14-5-4-13(8-17-14)12-2-3-12/h4-5,8,11-12,15,20H,2-3,6-7,9-10H2,1H3. The molecule has 0 amide bonds. The Morgan fingerprint density at radius 2 is 2.20 bits per heavy atom. The van der Waals surface area contributed by atoms with E-state index in [-0.39, 0.29) is 0 Å². The Hall–Kier alpha value is -0.905. The predicted octanol–water partition coefficient (Wildman–Crippen LogP) is 1.08. The predicted molar refractivity (Wildman–Crippen MR) is 79.5 cm³/mol. The van der Waals surface area contributed by atoms with Crippen LogP contribution in [0.5, 0.6) is 0 Å². The molecule has 106 valence electrons. The van der Waals surface area contributed by atoms with E-state index in [0.29, 0.717) is 18.5 Å². The van der Waals surface area contributed by atoms with Gasteiger partial charge in [-0.3, -0.25) is 9.88 Å². The minimum atomic E-state index is -0.514. The molecule has 3 rings (SSSR count). The first kappa shape index (κ1) is 14.0. The zero-order valence-electron chi connectivity index (χ0n) is 12.1. The fourth-order valence-corrected chi connectivity index (χ4v) is 2.82. The van der Waals surface area contributed by atoms with Crippen molar-refractivity contribution in [2.24, 2.45) is 0 Å². The number of hydrogen-bond acceptors (Lipinski definition) is 4. The van der Waals surface area contributed by atoms with Crippen molar-refractivity contribution in [1.29, 1.82) is 0 Å². The van der Waals surface area contributed by atoms with Crippen LogP contribution in [-0.4, -0.2) is 60.0 Å². The lowest BCUT2D eigenvalue weighted by Gasteiger charge is -2.38. The second-order valence-electron chi connectivity index (χ2n) is 6.15. The third kappa shape index (κ3) is 3.22. The summed E-state index contributed by atoms with van der Waals surface area (Å²) in [6.45, 7) is 5.39. The molecule has 1 N–H and O–H groups in total. The van der Waals surface area contributed by atoms with E-state index in [4.69, 9.17) is 7.98 Å². The van der Waals surface area contributed by atoms with Gasteiger partial charge in [0.05, 0.1) is 5.69 Å². The van der Waals surface area contributed by atoms with E-state index in [9.17, 15) is 5.11 Å². The van der Waals surface area contributed by atoms with E-state index in [1.807, 2.05) is 17.1 Å². The van der Waals surface area contributed by atoms with Crippen molar-refractivity contribution >= 4 is 7.98 Å². The van der Waals surface area contributed by atoms with Crippen LogP contribution in [0.3, 0.4) is 0 Å². The first-order valence-corrected chi connectivity index (χ1v) is 7.51. The summed E-state index contributed by atoms with van der Waals surface area (Å²) in [7, 11) is 5.87. The molecule has 2 aliphatic rings. The van der Waals surface area contributed by atoms with Crippen LogP contribution < -0.4 is 0 Å². The average molecular weight is 271 g/mol. The maximum Gasteiger partial charge on any atom is 0.182 e. The number of hydrogen-bond donors (Lipinski definition) is 1. The molecule has 0 bridgehead atoms. The largest absolute Gasteiger partial charge is 0.385 e. The number of piperazine rings is 1. The fraction of sp³-hybridized carbons (Fsp3) is 0.667. The number of nitrogens with zero attached hydrogens (tertiary/aromatic N) is 3. The Bertz CT molecular complexity index is 449. The van der Waals surface area contributed by atoms with Gasteiger partial charge in [-0.15, -0.1) is 0 Å². The maximum atomic E-state index is 10.3. The van der Waals surface area contributed by atoms with E-state index in [0.717, 1.165) is 25.3 Å². The molecule has 1 aliphatic heterocycles. The van der Waals surface area contributed by atoms with Gasteiger partial charge in [-0.25, -0.2) is 0 Å². The fourth-order valence-electron chi connectivity index (χ4n) is 2.82. The Balaban J connectivity index is 1.56. The van der Waals surface area contributed by atoms with Crippen LogP contribution in [0.25, 0.3) is 0 Å². The highest BCUT2D eigenvalue weighted by atomic mass is 16.3. The average Bonchev–Trinajstić information content (AvgIpc) is 3.28. The van der Waals surface area contributed by atoms with Crippen LogP contribution >= 0.6 is 0 Å². The van der Waals surface area contributed by atoms with Gasteiger partial charge >= 0.3 is 0 Å². The van der Waals surface area contributed by atoms with Gasteiger partial charge in [0, 0.05) is 31.9 Å². The number of β-amino-alcohol motifs (C(OH)–C–C–N with tert-alkyl or cyclic N) is 1. The number of aromatic nitrogens is 1. The minimum Gasteiger partial charge on any atom is -0.385 e. The SMILES string of the molecule is [B]N1CCN(CC(O)c2ccc(C3CC3)cn2)CC1C. The molecule has 1 saturated carbocycles. The molecule has 20 heavy (non-hydrogen) atoms. The molecule has 0 aromatic carbocycles. The molecule has 1 saturated heterocycles. The van der Waals surface area contributed by atoms with Crippen LogP contribution in [0.1, 0.15) is 43.0 Å². The van der Waals surface area contributed by atoms with Gasteiger partial charge in [-0.05, 0) is 43.9 Å². The molecule has 1 aromatic heterocycles. The highest BCUT2D eigenvalue weighted by Crippen LogP contribution is 2.39. The van der Waals surface area contributed by atoms with Crippen LogP contribution in [-0.2, 0) is 0 Å². The van der Waals surface area contributed by atoms with Gasteiger partial charge in [-0.2, -0.15) is 0 Å². The van der Waals surface area contributed by atoms with Gasteiger partial charge in [0.1, 0.15) is 6.10 Å². The molecule has 1 aromatic rings.